The van der Waals surface area contributed by atoms with Gasteiger partial charge in [0.1, 0.15) is 18.7 Å². The summed E-state index contributed by atoms with van der Waals surface area (Å²) in [6, 6.07) is 5.85. The molecule has 1 aromatic carbocycles. The second-order valence-corrected chi connectivity index (χ2v) is 13.7. The van der Waals surface area contributed by atoms with Gasteiger partial charge in [0.2, 0.25) is 17.7 Å². The van der Waals surface area contributed by atoms with Gasteiger partial charge < -0.3 is 30.1 Å². The molecule has 42 heavy (non-hydrogen) atoms. The Morgan fingerprint density at radius 1 is 1.10 bits per heavy atom. The van der Waals surface area contributed by atoms with Crippen LogP contribution in [0.4, 0.5) is 0 Å². The molecule has 10 nitrogen and oxygen atoms in total. The molecule has 2 heterocycles. The molecule has 232 valence electrons. The first-order valence-corrected chi connectivity index (χ1v) is 15.2. The molecular weight excluding hydrogens is 556 g/mol. The number of aliphatic hydroxyl groups is 1. The number of amides is 3. The molecule has 1 aromatic heterocycles. The van der Waals surface area contributed by atoms with Crippen molar-refractivity contribution in [3.05, 3.63) is 41.0 Å². The Morgan fingerprint density at radius 2 is 1.76 bits per heavy atom. The molecule has 1 aliphatic rings. The molecule has 4 atom stereocenters. The summed E-state index contributed by atoms with van der Waals surface area (Å²) >= 11 is 1.58. The van der Waals surface area contributed by atoms with Crippen molar-refractivity contribution >= 4 is 29.1 Å². The van der Waals surface area contributed by atoms with Crippen LogP contribution in [0.5, 0.6) is 0 Å². The SMILES string of the molecule is Cc1ncsc1-c1ccc([C@@H](C)NC(=O)[C@@H]2C[C@@H](O)CN2C(=O)[C@@H](NC(=O)COCCOC(C)(C)C)C(C)(C)C)cc1. The van der Waals surface area contributed by atoms with Crippen LogP contribution in [0.3, 0.4) is 0 Å². The molecule has 0 aliphatic carbocycles. The van der Waals surface area contributed by atoms with E-state index in [1.807, 2.05) is 85.2 Å². The number of hydrogen-bond acceptors (Lipinski definition) is 8. The highest BCUT2D eigenvalue weighted by atomic mass is 32.1. The van der Waals surface area contributed by atoms with Crippen LogP contribution in [-0.4, -0.2) is 82.9 Å². The summed E-state index contributed by atoms with van der Waals surface area (Å²) in [6.45, 7) is 15.6. The summed E-state index contributed by atoms with van der Waals surface area (Å²) in [5.41, 5.74) is 3.81. The first-order valence-electron chi connectivity index (χ1n) is 14.4. The van der Waals surface area contributed by atoms with Gasteiger partial charge in [0.15, 0.2) is 0 Å². The largest absolute Gasteiger partial charge is 0.391 e. The van der Waals surface area contributed by atoms with Crippen molar-refractivity contribution in [2.45, 2.75) is 91.6 Å². The number of aliphatic hydroxyl groups excluding tert-OH is 1. The molecule has 0 unspecified atom stereocenters. The Labute approximate surface area is 253 Å². The van der Waals surface area contributed by atoms with Crippen LogP contribution in [0.25, 0.3) is 10.4 Å². The first kappa shape index (κ1) is 33.6. The lowest BCUT2D eigenvalue weighted by Crippen LogP contribution is -2.58. The highest BCUT2D eigenvalue weighted by Crippen LogP contribution is 2.29. The van der Waals surface area contributed by atoms with Gasteiger partial charge in [-0.1, -0.05) is 45.0 Å². The summed E-state index contributed by atoms with van der Waals surface area (Å²) in [4.78, 5) is 46.7. The normalized spacial score (nSPS) is 18.9. The van der Waals surface area contributed by atoms with E-state index in [1.54, 1.807) is 11.3 Å². The first-order chi connectivity index (χ1) is 19.6. The number of thiazole rings is 1. The van der Waals surface area contributed by atoms with Crippen LogP contribution in [0.1, 0.15) is 72.2 Å². The fraction of sp³-hybridized carbons (Fsp3) is 0.613. The molecule has 1 aliphatic heterocycles. The van der Waals surface area contributed by atoms with Crippen LogP contribution in [0, 0.1) is 12.3 Å². The third-order valence-corrected chi connectivity index (χ3v) is 8.03. The summed E-state index contributed by atoms with van der Waals surface area (Å²) in [5, 5.41) is 16.3. The average molecular weight is 603 g/mol. The molecule has 0 saturated carbocycles. The van der Waals surface area contributed by atoms with E-state index in [2.05, 4.69) is 15.6 Å². The molecule has 1 fully saturated rings. The predicted molar refractivity (Wildman–Crippen MR) is 163 cm³/mol. The minimum absolute atomic E-state index is 0.0112. The molecule has 0 spiro atoms. The zero-order chi connectivity index (χ0) is 31.2. The maximum Gasteiger partial charge on any atom is 0.246 e. The maximum absolute atomic E-state index is 13.8. The number of nitrogens with one attached hydrogen (secondary N) is 2. The Kier molecular flexibility index (Phi) is 11.3. The van der Waals surface area contributed by atoms with Gasteiger partial charge in [-0.15, -0.1) is 11.3 Å². The standard InChI is InChI=1S/C31H46N4O6S/c1-19(21-9-11-22(12-10-21)26-20(2)32-18-42-26)33-28(38)24-15-23(36)16-35(24)29(39)27(30(3,4)5)34-25(37)17-40-13-14-41-31(6,7)8/h9-12,18-19,23-24,27,36H,13-17H2,1-8H3,(H,33,38)(H,34,37)/t19-,23-,24+,27-/m1/s1. The highest BCUT2D eigenvalue weighted by molar-refractivity contribution is 7.13. The Hall–Kier alpha value is -2.86. The predicted octanol–water partition coefficient (Wildman–Crippen LogP) is 3.62. The van der Waals surface area contributed by atoms with Gasteiger partial charge >= 0.3 is 0 Å². The minimum Gasteiger partial charge on any atom is -0.391 e. The molecule has 0 bridgehead atoms. The zero-order valence-electron chi connectivity index (χ0n) is 26.0. The zero-order valence-corrected chi connectivity index (χ0v) is 26.8. The quantitative estimate of drug-likeness (QED) is 0.335. The number of ether oxygens (including phenoxy) is 2. The van der Waals surface area contributed by atoms with E-state index in [1.165, 1.54) is 4.90 Å². The lowest BCUT2D eigenvalue weighted by atomic mass is 9.85. The van der Waals surface area contributed by atoms with Crippen molar-refractivity contribution in [2.75, 3.05) is 26.4 Å². The highest BCUT2D eigenvalue weighted by Gasteiger charge is 2.44. The molecule has 3 amide bonds. The van der Waals surface area contributed by atoms with Crippen LogP contribution in [-0.2, 0) is 23.9 Å². The van der Waals surface area contributed by atoms with E-state index in [0.29, 0.717) is 6.61 Å². The van der Waals surface area contributed by atoms with Gasteiger partial charge in [-0.2, -0.15) is 0 Å². The minimum atomic E-state index is -0.916. The van der Waals surface area contributed by atoms with Crippen molar-refractivity contribution in [1.82, 2.24) is 20.5 Å². The van der Waals surface area contributed by atoms with Crippen LogP contribution in [0.2, 0.25) is 0 Å². The second-order valence-electron chi connectivity index (χ2n) is 12.9. The molecular formula is C31H46N4O6S. The van der Waals surface area contributed by atoms with E-state index < -0.39 is 35.4 Å². The summed E-state index contributed by atoms with van der Waals surface area (Å²) in [5.74, 6) is -1.21. The fourth-order valence-electron chi connectivity index (χ4n) is 4.79. The van der Waals surface area contributed by atoms with Gasteiger partial charge in [0, 0.05) is 13.0 Å². The third-order valence-electron chi connectivity index (χ3n) is 7.06. The van der Waals surface area contributed by atoms with Gasteiger partial charge in [0.05, 0.1) is 47.0 Å². The van der Waals surface area contributed by atoms with Crippen molar-refractivity contribution in [3.8, 4) is 10.4 Å². The lowest BCUT2D eigenvalue weighted by Gasteiger charge is -2.35. The Balaban J connectivity index is 1.63. The smallest absolute Gasteiger partial charge is 0.246 e. The summed E-state index contributed by atoms with van der Waals surface area (Å²) < 4.78 is 11.0. The molecule has 0 radical (unpaired) electrons. The second kappa shape index (κ2) is 14.1. The number of nitrogens with zero attached hydrogens (tertiary/aromatic N) is 2. The van der Waals surface area contributed by atoms with E-state index in [4.69, 9.17) is 9.47 Å². The van der Waals surface area contributed by atoms with E-state index in [0.717, 1.165) is 21.7 Å². The topological polar surface area (TPSA) is 130 Å². The molecule has 1 saturated heterocycles. The number of rotatable bonds is 11. The Morgan fingerprint density at radius 3 is 2.33 bits per heavy atom. The van der Waals surface area contributed by atoms with Crippen LogP contribution in [0.15, 0.2) is 29.8 Å². The number of β-amino-alcohol motifs (C(OH)–C–C–N with tert-alkyl or cyclic N) is 1. The van der Waals surface area contributed by atoms with Crippen molar-refractivity contribution < 1.29 is 29.0 Å². The van der Waals surface area contributed by atoms with Crippen LogP contribution >= 0.6 is 11.3 Å². The van der Waals surface area contributed by atoms with Gasteiger partial charge in [-0.25, -0.2) is 4.98 Å². The number of benzene rings is 1. The summed E-state index contributed by atoms with van der Waals surface area (Å²) in [7, 11) is 0. The monoisotopic (exact) mass is 602 g/mol. The summed E-state index contributed by atoms with van der Waals surface area (Å²) in [6.07, 6.45) is -0.723. The molecule has 11 heteroatoms. The number of hydrogen-bond donors (Lipinski definition) is 3. The molecule has 3 rings (SSSR count). The number of aromatic nitrogens is 1. The number of carbonyl (C=O) groups is 3. The maximum atomic E-state index is 13.8. The van der Waals surface area contributed by atoms with Crippen molar-refractivity contribution in [2.24, 2.45) is 5.41 Å². The lowest BCUT2D eigenvalue weighted by molar-refractivity contribution is -0.145. The van der Waals surface area contributed by atoms with Crippen LogP contribution < -0.4 is 10.6 Å². The molecule has 2 aromatic rings. The Bertz CT molecular complexity index is 1220. The number of carbonyl (C=O) groups excluding carboxylic acids is 3. The third kappa shape index (κ3) is 9.32. The van der Waals surface area contributed by atoms with Crippen molar-refractivity contribution in [3.63, 3.8) is 0 Å². The van der Waals surface area contributed by atoms with Gasteiger partial charge in [-0.3, -0.25) is 14.4 Å². The average Bonchev–Trinajstić information content (AvgIpc) is 3.50. The number of aryl methyl sites for hydroxylation is 1. The number of likely N-dealkylation sites (tertiary alicyclic amines) is 1. The van der Waals surface area contributed by atoms with E-state index in [9.17, 15) is 19.5 Å². The molecule has 3 N–H and O–H groups in total. The van der Waals surface area contributed by atoms with E-state index >= 15 is 0 Å². The van der Waals surface area contributed by atoms with Gasteiger partial charge in [-0.05, 0) is 51.2 Å². The van der Waals surface area contributed by atoms with Gasteiger partial charge in [0.25, 0.3) is 0 Å². The fourth-order valence-corrected chi connectivity index (χ4v) is 5.60. The van der Waals surface area contributed by atoms with Crippen molar-refractivity contribution in [1.29, 1.82) is 0 Å². The van der Waals surface area contributed by atoms with E-state index in [-0.39, 0.29) is 43.7 Å².